The maximum absolute atomic E-state index is 3.63. The summed E-state index contributed by atoms with van der Waals surface area (Å²) in [4.78, 5) is 0. The third kappa shape index (κ3) is 1.28. The molecule has 62 valence electrons. The maximum atomic E-state index is 3.63. The molecule has 0 saturated heterocycles. The van der Waals surface area contributed by atoms with Crippen molar-refractivity contribution >= 4 is 0 Å². The van der Waals surface area contributed by atoms with Gasteiger partial charge in [0.05, 0.1) is 0 Å². The normalized spacial score (nSPS) is 42.5. The van der Waals surface area contributed by atoms with Crippen molar-refractivity contribution in [3.05, 3.63) is 18.4 Å². The van der Waals surface area contributed by atoms with Crippen molar-refractivity contribution in [2.24, 2.45) is 23.7 Å². The van der Waals surface area contributed by atoms with Crippen LogP contribution in [0.5, 0.6) is 0 Å². The molecule has 0 nitrogen and oxygen atoms in total. The van der Waals surface area contributed by atoms with Crippen LogP contribution < -0.4 is 0 Å². The van der Waals surface area contributed by atoms with Gasteiger partial charge in [0.2, 0.25) is 0 Å². The van der Waals surface area contributed by atoms with Gasteiger partial charge < -0.3 is 0 Å². The Bertz CT molecular complexity index is 174. The molecule has 1 rings (SSSR count). The van der Waals surface area contributed by atoms with E-state index in [4.69, 9.17) is 0 Å². The lowest BCUT2D eigenvalue weighted by Crippen LogP contribution is -2.42. The highest BCUT2D eigenvalue weighted by Gasteiger charge is 2.41. The second-order valence-electron chi connectivity index (χ2n) is 3.74. The summed E-state index contributed by atoms with van der Waals surface area (Å²) in [5.41, 5.74) is 2.91. The first-order valence-corrected chi connectivity index (χ1v) is 4.58. The largest absolute Gasteiger partial charge is 0.133 e. The quantitative estimate of drug-likeness (QED) is 0.530. The molecule has 0 bridgehead atoms. The minimum absolute atomic E-state index is 0.757. The van der Waals surface area contributed by atoms with Crippen molar-refractivity contribution in [1.29, 1.82) is 0 Å². The first-order valence-electron chi connectivity index (χ1n) is 4.58. The van der Waals surface area contributed by atoms with Gasteiger partial charge in [0.15, 0.2) is 0 Å². The van der Waals surface area contributed by atoms with Crippen LogP contribution in [0.3, 0.4) is 0 Å². The SMILES string of the molecule is C=C=CC1C(C)C(C)C1CC. The summed E-state index contributed by atoms with van der Waals surface area (Å²) >= 11 is 0. The maximum Gasteiger partial charge on any atom is -0.00984 e. The van der Waals surface area contributed by atoms with E-state index in [2.05, 4.69) is 39.2 Å². The van der Waals surface area contributed by atoms with E-state index in [9.17, 15) is 0 Å². The summed E-state index contributed by atoms with van der Waals surface area (Å²) < 4.78 is 0. The van der Waals surface area contributed by atoms with Crippen LogP contribution in [0.2, 0.25) is 0 Å². The number of hydrogen-bond acceptors (Lipinski definition) is 0. The molecule has 0 N–H and O–H groups in total. The Hall–Kier alpha value is -0.480. The molecular weight excluding hydrogens is 132 g/mol. The highest BCUT2D eigenvalue weighted by molar-refractivity contribution is 5.01. The van der Waals surface area contributed by atoms with E-state index < -0.39 is 0 Å². The Morgan fingerprint density at radius 3 is 2.45 bits per heavy atom. The zero-order chi connectivity index (χ0) is 8.43. The molecule has 4 atom stereocenters. The Labute approximate surface area is 70.0 Å². The molecule has 1 saturated carbocycles. The standard InChI is InChI=1S/C11H18/c1-5-7-11-9(4)8(3)10(11)6-2/h7-11H,1,6H2,2-4H3. The van der Waals surface area contributed by atoms with E-state index in [0.29, 0.717) is 0 Å². The second kappa shape index (κ2) is 3.28. The second-order valence-corrected chi connectivity index (χ2v) is 3.74. The summed E-state index contributed by atoms with van der Waals surface area (Å²) in [7, 11) is 0. The van der Waals surface area contributed by atoms with Crippen LogP contribution in [-0.2, 0) is 0 Å². The lowest BCUT2D eigenvalue weighted by molar-refractivity contribution is 0.0343. The predicted molar refractivity (Wildman–Crippen MR) is 49.3 cm³/mol. The monoisotopic (exact) mass is 150 g/mol. The van der Waals surface area contributed by atoms with Crippen LogP contribution in [0.15, 0.2) is 18.4 Å². The van der Waals surface area contributed by atoms with Crippen molar-refractivity contribution < 1.29 is 0 Å². The van der Waals surface area contributed by atoms with Crippen LogP contribution in [0.25, 0.3) is 0 Å². The Morgan fingerprint density at radius 2 is 2.00 bits per heavy atom. The van der Waals surface area contributed by atoms with E-state index in [0.717, 1.165) is 23.7 Å². The Balaban J connectivity index is 2.59. The first kappa shape index (κ1) is 8.62. The average Bonchev–Trinajstić information content (AvgIpc) is 2.04. The van der Waals surface area contributed by atoms with E-state index in [1.165, 1.54) is 6.42 Å². The van der Waals surface area contributed by atoms with Gasteiger partial charge in [-0.05, 0) is 29.7 Å². The molecule has 0 aromatic heterocycles. The summed E-state index contributed by atoms with van der Waals surface area (Å²) in [5, 5.41) is 0. The van der Waals surface area contributed by atoms with Crippen LogP contribution in [0.4, 0.5) is 0 Å². The van der Waals surface area contributed by atoms with Crippen LogP contribution in [0.1, 0.15) is 27.2 Å². The van der Waals surface area contributed by atoms with E-state index in [1.807, 2.05) is 0 Å². The number of rotatable bonds is 2. The molecule has 1 fully saturated rings. The van der Waals surface area contributed by atoms with Gasteiger partial charge in [-0.15, -0.1) is 5.73 Å². The van der Waals surface area contributed by atoms with Gasteiger partial charge in [-0.25, -0.2) is 0 Å². The van der Waals surface area contributed by atoms with Crippen LogP contribution in [-0.4, -0.2) is 0 Å². The molecule has 4 unspecified atom stereocenters. The molecule has 1 aliphatic rings. The third-order valence-electron chi connectivity index (χ3n) is 3.39. The van der Waals surface area contributed by atoms with Gasteiger partial charge in [0.25, 0.3) is 0 Å². The number of hydrogen-bond donors (Lipinski definition) is 0. The van der Waals surface area contributed by atoms with Crippen LogP contribution >= 0.6 is 0 Å². The summed E-state index contributed by atoms with van der Waals surface area (Å²) in [6.45, 7) is 10.6. The zero-order valence-corrected chi connectivity index (χ0v) is 7.80. The van der Waals surface area contributed by atoms with E-state index in [-0.39, 0.29) is 0 Å². The van der Waals surface area contributed by atoms with E-state index in [1.54, 1.807) is 0 Å². The Kier molecular flexibility index (Phi) is 2.57. The molecule has 0 heteroatoms. The summed E-state index contributed by atoms with van der Waals surface area (Å²) in [6, 6.07) is 0. The smallest absolute Gasteiger partial charge is 0.00984 e. The van der Waals surface area contributed by atoms with Gasteiger partial charge in [0, 0.05) is 0 Å². The molecule has 1 aliphatic carbocycles. The highest BCUT2D eigenvalue weighted by atomic mass is 14.5. The lowest BCUT2D eigenvalue weighted by Gasteiger charge is -2.47. The van der Waals surface area contributed by atoms with Crippen molar-refractivity contribution in [2.75, 3.05) is 0 Å². The van der Waals surface area contributed by atoms with Gasteiger partial charge >= 0.3 is 0 Å². The average molecular weight is 150 g/mol. The fraction of sp³-hybridized carbons (Fsp3) is 0.727. The summed E-state index contributed by atoms with van der Waals surface area (Å²) in [5.74, 6) is 3.38. The minimum atomic E-state index is 0.757. The molecule has 0 heterocycles. The fourth-order valence-electron chi connectivity index (χ4n) is 2.39. The van der Waals surface area contributed by atoms with Gasteiger partial charge in [-0.3, -0.25) is 0 Å². The van der Waals surface area contributed by atoms with Crippen molar-refractivity contribution in [2.45, 2.75) is 27.2 Å². The molecule has 0 amide bonds. The van der Waals surface area contributed by atoms with Crippen molar-refractivity contribution in [3.8, 4) is 0 Å². The molecule has 0 aromatic carbocycles. The van der Waals surface area contributed by atoms with Crippen molar-refractivity contribution in [3.63, 3.8) is 0 Å². The molecular formula is C11H18. The molecule has 0 aromatic rings. The number of allylic oxidation sites excluding steroid dienone is 1. The third-order valence-corrected chi connectivity index (χ3v) is 3.39. The lowest BCUT2D eigenvalue weighted by atomic mass is 9.57. The zero-order valence-electron chi connectivity index (χ0n) is 7.80. The first-order chi connectivity index (χ1) is 5.22. The van der Waals surface area contributed by atoms with E-state index >= 15 is 0 Å². The van der Waals surface area contributed by atoms with Gasteiger partial charge in [-0.2, -0.15) is 0 Å². The molecule has 11 heavy (non-hydrogen) atoms. The fourth-order valence-corrected chi connectivity index (χ4v) is 2.39. The minimum Gasteiger partial charge on any atom is -0.133 e. The van der Waals surface area contributed by atoms with Gasteiger partial charge in [-0.1, -0.05) is 33.8 Å². The van der Waals surface area contributed by atoms with Gasteiger partial charge in [0.1, 0.15) is 0 Å². The van der Waals surface area contributed by atoms with Crippen molar-refractivity contribution in [1.82, 2.24) is 0 Å². The molecule has 0 aliphatic heterocycles. The summed E-state index contributed by atoms with van der Waals surface area (Å²) in [6.07, 6.45) is 3.45. The molecule has 0 radical (unpaired) electrons. The highest BCUT2D eigenvalue weighted by Crippen LogP contribution is 2.47. The topological polar surface area (TPSA) is 0 Å². The predicted octanol–water partition coefficient (Wildman–Crippen LogP) is 3.26. The molecule has 0 spiro atoms. The van der Waals surface area contributed by atoms with Crippen LogP contribution in [0, 0.1) is 23.7 Å². The Morgan fingerprint density at radius 1 is 1.36 bits per heavy atom.